The summed E-state index contributed by atoms with van der Waals surface area (Å²) in [6.45, 7) is -0.191. The minimum absolute atomic E-state index is 0.191. The molecule has 41 heavy (non-hydrogen) atoms. The van der Waals surface area contributed by atoms with E-state index in [1.165, 1.54) is 10.9 Å². The molecule has 6 aromatic rings. The summed E-state index contributed by atoms with van der Waals surface area (Å²) in [6.07, 6.45) is 1.53. The van der Waals surface area contributed by atoms with Crippen molar-refractivity contribution in [1.82, 2.24) is 9.66 Å². The molecule has 1 N–H and O–H groups in total. The first-order chi connectivity index (χ1) is 19.9. The Kier molecular flexibility index (Phi) is 7.37. The molecule has 0 spiro atoms. The van der Waals surface area contributed by atoms with Gasteiger partial charge in [-0.05, 0) is 78.4 Å². The third kappa shape index (κ3) is 5.91. The zero-order valence-corrected chi connectivity index (χ0v) is 23.6. The van der Waals surface area contributed by atoms with Gasteiger partial charge in [-0.3, -0.25) is 9.59 Å². The quantitative estimate of drug-likeness (QED) is 0.190. The van der Waals surface area contributed by atoms with Crippen LogP contribution in [0.4, 0.5) is 5.69 Å². The maximum Gasteiger partial charge on any atom is 0.282 e. The summed E-state index contributed by atoms with van der Waals surface area (Å²) >= 11 is 9.36. The van der Waals surface area contributed by atoms with Crippen molar-refractivity contribution in [1.29, 1.82) is 0 Å². The molecule has 0 aliphatic rings. The number of halogens is 2. The maximum absolute atomic E-state index is 13.5. The first-order valence-corrected chi connectivity index (χ1v) is 13.6. The Labute approximate surface area is 247 Å². The van der Waals surface area contributed by atoms with Crippen molar-refractivity contribution >= 4 is 67.2 Å². The first kappa shape index (κ1) is 26.5. The lowest BCUT2D eigenvalue weighted by Crippen LogP contribution is -2.20. The van der Waals surface area contributed by atoms with Crippen LogP contribution in [0.15, 0.2) is 116 Å². The molecular weight excluding hydrogens is 608 g/mol. The molecule has 2 aromatic heterocycles. The van der Waals surface area contributed by atoms with Crippen molar-refractivity contribution in [2.45, 2.75) is 0 Å². The Balaban J connectivity index is 1.28. The van der Waals surface area contributed by atoms with Crippen LogP contribution in [0.1, 0.15) is 5.56 Å². The van der Waals surface area contributed by atoms with E-state index in [0.29, 0.717) is 44.3 Å². The minimum Gasteiger partial charge on any atom is -0.484 e. The standard InChI is InChI=1S/C31H20BrClN4O4/c32-21-8-13-27-20(15-21)16-28(41-27)30-36-26-7-2-1-6-25(26)31(39)37(30)34-17-19-4-3-5-24(14-19)40-18-29(38)35-23-11-9-22(33)10-12-23/h1-17H,18H2,(H,35,38). The summed E-state index contributed by atoms with van der Waals surface area (Å²) in [5.74, 6) is 0.820. The maximum atomic E-state index is 13.5. The van der Waals surface area contributed by atoms with Gasteiger partial charge in [0.2, 0.25) is 5.82 Å². The molecule has 0 atom stereocenters. The third-order valence-corrected chi connectivity index (χ3v) is 6.88. The zero-order valence-electron chi connectivity index (χ0n) is 21.3. The Morgan fingerprint density at radius 1 is 1.02 bits per heavy atom. The number of carbonyl (C=O) groups is 1. The van der Waals surface area contributed by atoms with Crippen LogP contribution in [0.3, 0.4) is 0 Å². The van der Waals surface area contributed by atoms with Gasteiger partial charge in [-0.2, -0.15) is 9.78 Å². The molecule has 0 unspecified atom stereocenters. The number of fused-ring (bicyclic) bond motifs is 2. The van der Waals surface area contributed by atoms with Crippen LogP contribution in [0.2, 0.25) is 5.02 Å². The summed E-state index contributed by atoms with van der Waals surface area (Å²) < 4.78 is 13.9. The van der Waals surface area contributed by atoms with Crippen LogP contribution in [-0.2, 0) is 4.79 Å². The highest BCUT2D eigenvalue weighted by molar-refractivity contribution is 9.10. The van der Waals surface area contributed by atoms with E-state index in [2.05, 4.69) is 26.3 Å². The van der Waals surface area contributed by atoms with E-state index in [1.807, 2.05) is 36.4 Å². The number of ether oxygens (including phenoxy) is 1. The highest BCUT2D eigenvalue weighted by Crippen LogP contribution is 2.29. The fraction of sp³-hybridized carbons (Fsp3) is 0.0323. The van der Waals surface area contributed by atoms with Gasteiger partial charge in [0.25, 0.3) is 11.5 Å². The smallest absolute Gasteiger partial charge is 0.282 e. The van der Waals surface area contributed by atoms with Gasteiger partial charge < -0.3 is 14.5 Å². The van der Waals surface area contributed by atoms with Gasteiger partial charge in [0.1, 0.15) is 11.3 Å². The lowest BCUT2D eigenvalue weighted by Gasteiger charge is -2.09. The number of aromatic nitrogens is 2. The average molecular weight is 628 g/mol. The Morgan fingerprint density at radius 2 is 1.85 bits per heavy atom. The monoisotopic (exact) mass is 626 g/mol. The number of furan rings is 1. The number of para-hydroxylation sites is 1. The topological polar surface area (TPSA) is 98.7 Å². The molecule has 1 amide bonds. The van der Waals surface area contributed by atoms with Crippen molar-refractivity contribution in [2.24, 2.45) is 5.10 Å². The molecule has 2 heterocycles. The molecule has 8 nitrogen and oxygen atoms in total. The molecule has 0 aliphatic carbocycles. The van der Waals surface area contributed by atoms with Gasteiger partial charge in [0, 0.05) is 20.6 Å². The fourth-order valence-corrected chi connectivity index (χ4v) is 4.71. The number of hydrogen-bond donors (Lipinski definition) is 1. The molecule has 0 bridgehead atoms. The molecule has 6 rings (SSSR count). The molecule has 10 heteroatoms. The SMILES string of the molecule is O=C(COc1cccc(C=Nn2c(-c3cc4cc(Br)ccc4o3)nc3ccccc3c2=O)c1)Nc1ccc(Cl)cc1. The normalized spacial score (nSPS) is 11.4. The van der Waals surface area contributed by atoms with Gasteiger partial charge in [-0.25, -0.2) is 4.98 Å². The summed E-state index contributed by atoms with van der Waals surface area (Å²) in [6, 6.07) is 28.4. The predicted molar refractivity (Wildman–Crippen MR) is 164 cm³/mol. The van der Waals surface area contributed by atoms with E-state index < -0.39 is 0 Å². The van der Waals surface area contributed by atoms with Crippen molar-refractivity contribution in [3.05, 3.63) is 122 Å². The predicted octanol–water partition coefficient (Wildman–Crippen LogP) is 7.13. The van der Waals surface area contributed by atoms with E-state index in [-0.39, 0.29) is 23.9 Å². The highest BCUT2D eigenvalue weighted by Gasteiger charge is 2.16. The number of carbonyl (C=O) groups excluding carboxylic acids is 1. The largest absolute Gasteiger partial charge is 0.484 e. The van der Waals surface area contributed by atoms with Crippen LogP contribution in [-0.4, -0.2) is 28.4 Å². The first-order valence-electron chi connectivity index (χ1n) is 12.5. The second-order valence-corrected chi connectivity index (χ2v) is 10.4. The van der Waals surface area contributed by atoms with Gasteiger partial charge in [0.05, 0.1) is 17.1 Å². The molecule has 0 saturated heterocycles. The molecular formula is C31H20BrClN4O4. The van der Waals surface area contributed by atoms with E-state index in [9.17, 15) is 9.59 Å². The molecule has 4 aromatic carbocycles. The van der Waals surface area contributed by atoms with Crippen molar-refractivity contribution in [3.63, 3.8) is 0 Å². The Morgan fingerprint density at radius 3 is 2.71 bits per heavy atom. The van der Waals surface area contributed by atoms with Crippen LogP contribution in [0.25, 0.3) is 33.5 Å². The van der Waals surface area contributed by atoms with Crippen molar-refractivity contribution in [2.75, 3.05) is 11.9 Å². The van der Waals surface area contributed by atoms with Gasteiger partial charge >= 0.3 is 0 Å². The van der Waals surface area contributed by atoms with Crippen molar-refractivity contribution < 1.29 is 13.9 Å². The van der Waals surface area contributed by atoms with Gasteiger partial charge in [0.15, 0.2) is 12.4 Å². The van der Waals surface area contributed by atoms with Crippen LogP contribution >= 0.6 is 27.5 Å². The molecule has 0 aliphatic heterocycles. The average Bonchev–Trinajstić information content (AvgIpc) is 3.40. The van der Waals surface area contributed by atoms with E-state index in [4.69, 9.17) is 25.7 Å². The second kappa shape index (κ2) is 11.4. The van der Waals surface area contributed by atoms with E-state index in [1.54, 1.807) is 60.7 Å². The number of nitrogens with one attached hydrogen (secondary N) is 1. The number of benzene rings is 4. The van der Waals surface area contributed by atoms with Crippen LogP contribution < -0.4 is 15.6 Å². The molecule has 0 fully saturated rings. The number of anilines is 1. The summed E-state index contributed by atoms with van der Waals surface area (Å²) in [5.41, 5.74) is 2.13. The number of hydrogen-bond acceptors (Lipinski definition) is 6. The summed E-state index contributed by atoms with van der Waals surface area (Å²) in [7, 11) is 0. The summed E-state index contributed by atoms with van der Waals surface area (Å²) in [5, 5.41) is 9.11. The Bertz CT molecular complexity index is 2000. The highest BCUT2D eigenvalue weighted by atomic mass is 79.9. The third-order valence-electron chi connectivity index (χ3n) is 6.13. The van der Waals surface area contributed by atoms with Crippen molar-refractivity contribution in [3.8, 4) is 17.3 Å². The van der Waals surface area contributed by atoms with E-state index in [0.717, 1.165) is 9.86 Å². The summed E-state index contributed by atoms with van der Waals surface area (Å²) in [4.78, 5) is 30.5. The molecule has 202 valence electrons. The van der Waals surface area contributed by atoms with Crippen LogP contribution in [0, 0.1) is 0 Å². The number of nitrogens with zero attached hydrogens (tertiary/aromatic N) is 3. The van der Waals surface area contributed by atoms with E-state index >= 15 is 0 Å². The van der Waals surface area contributed by atoms with Gasteiger partial charge in [-0.1, -0.05) is 51.8 Å². The molecule has 0 saturated carbocycles. The lowest BCUT2D eigenvalue weighted by molar-refractivity contribution is -0.118. The van der Waals surface area contributed by atoms with Crippen LogP contribution in [0.5, 0.6) is 5.75 Å². The fourth-order valence-electron chi connectivity index (χ4n) is 4.20. The molecule has 0 radical (unpaired) electrons. The minimum atomic E-state index is -0.338. The lowest BCUT2D eigenvalue weighted by atomic mass is 10.2. The number of amides is 1. The zero-order chi connectivity index (χ0) is 28.3. The second-order valence-electron chi connectivity index (χ2n) is 9.02. The van der Waals surface area contributed by atoms with Gasteiger partial charge in [-0.15, -0.1) is 0 Å². The Hall–Kier alpha value is -4.73. The number of rotatable bonds is 7.